The number of ether oxygens (including phenoxy) is 3. The maximum atomic E-state index is 13.4. The van der Waals surface area contributed by atoms with Gasteiger partial charge in [0.25, 0.3) is 0 Å². The number of methoxy groups -OCH3 is 2. The van der Waals surface area contributed by atoms with E-state index in [1.807, 2.05) is 65.6 Å². The standard InChI is InChI=1S/C27H31ClN2O4S/c1-18(20-12-8-5-9-13-20)29-27(33-3)30-24(26(31)34-17-19-10-6-4-7-11-19)22(25(30)32-2)16-21-14-15-23(28)35-21/h4-15,18,22,24-25,27,29H,16-17H2,1-3H3/t18?,22-,24?,25?,27?/m1/s1. The van der Waals surface area contributed by atoms with Gasteiger partial charge in [-0.1, -0.05) is 72.3 Å². The molecule has 1 N–H and O–H groups in total. The largest absolute Gasteiger partial charge is 0.460 e. The van der Waals surface area contributed by atoms with Crippen LogP contribution < -0.4 is 5.32 Å². The Balaban J connectivity index is 1.54. The Hall–Kier alpha value is -2.26. The number of halogens is 1. The Morgan fingerprint density at radius 3 is 2.34 bits per heavy atom. The molecule has 1 saturated heterocycles. The van der Waals surface area contributed by atoms with Crippen molar-refractivity contribution in [3.05, 3.63) is 93.1 Å². The summed E-state index contributed by atoms with van der Waals surface area (Å²) in [5.74, 6) is -0.407. The maximum absolute atomic E-state index is 13.4. The van der Waals surface area contributed by atoms with E-state index >= 15 is 0 Å². The van der Waals surface area contributed by atoms with Gasteiger partial charge < -0.3 is 14.2 Å². The molecule has 0 saturated carbocycles. The Bertz CT molecular complexity index is 1080. The third kappa shape index (κ3) is 6.12. The van der Waals surface area contributed by atoms with Crippen molar-refractivity contribution in [2.75, 3.05) is 14.2 Å². The highest BCUT2D eigenvalue weighted by atomic mass is 35.5. The van der Waals surface area contributed by atoms with Crippen LogP contribution in [0.5, 0.6) is 0 Å². The van der Waals surface area contributed by atoms with Gasteiger partial charge >= 0.3 is 5.97 Å². The van der Waals surface area contributed by atoms with Crippen molar-refractivity contribution in [3.8, 4) is 0 Å². The van der Waals surface area contributed by atoms with Crippen molar-refractivity contribution in [1.29, 1.82) is 0 Å². The first kappa shape index (κ1) is 25.8. The highest BCUT2D eigenvalue weighted by Crippen LogP contribution is 2.40. The molecule has 0 aliphatic carbocycles. The maximum Gasteiger partial charge on any atom is 0.324 e. The number of esters is 1. The lowest BCUT2D eigenvalue weighted by Gasteiger charge is -2.55. The normalized spacial score (nSPS) is 21.8. The second kappa shape index (κ2) is 12.1. The molecule has 8 heteroatoms. The van der Waals surface area contributed by atoms with Crippen molar-refractivity contribution in [1.82, 2.24) is 10.2 Å². The average molecular weight is 515 g/mol. The molecule has 1 aromatic heterocycles. The van der Waals surface area contributed by atoms with Gasteiger partial charge in [0.2, 0.25) is 0 Å². The Morgan fingerprint density at radius 1 is 1.06 bits per heavy atom. The van der Waals surface area contributed by atoms with Crippen LogP contribution in [0.1, 0.15) is 29.0 Å². The molecule has 1 aliphatic heterocycles. The summed E-state index contributed by atoms with van der Waals surface area (Å²) >= 11 is 7.68. The number of nitrogens with zero attached hydrogens (tertiary/aromatic N) is 1. The van der Waals surface area contributed by atoms with Crippen LogP contribution in [0, 0.1) is 5.92 Å². The molecule has 35 heavy (non-hydrogen) atoms. The lowest BCUT2D eigenvalue weighted by molar-refractivity contribution is -0.264. The fourth-order valence-electron chi connectivity index (χ4n) is 4.58. The molecule has 5 atom stereocenters. The molecule has 1 fully saturated rings. The summed E-state index contributed by atoms with van der Waals surface area (Å²) < 4.78 is 18.2. The molecule has 2 aromatic carbocycles. The molecule has 4 unspecified atom stereocenters. The van der Waals surface area contributed by atoms with Crippen LogP contribution in [0.25, 0.3) is 0 Å². The fourth-order valence-corrected chi connectivity index (χ4v) is 5.73. The van der Waals surface area contributed by atoms with E-state index < -0.39 is 12.4 Å². The Labute approximate surface area is 215 Å². The minimum absolute atomic E-state index is 0.00482. The number of hydrogen-bond acceptors (Lipinski definition) is 7. The van der Waals surface area contributed by atoms with Crippen LogP contribution in [-0.2, 0) is 32.0 Å². The highest BCUT2D eigenvalue weighted by molar-refractivity contribution is 7.16. The zero-order valence-corrected chi connectivity index (χ0v) is 21.7. The number of likely N-dealkylation sites (tertiary alicyclic amines) is 1. The Kier molecular flexibility index (Phi) is 8.94. The van der Waals surface area contributed by atoms with E-state index in [2.05, 4.69) is 24.4 Å². The number of thiophene rings is 1. The monoisotopic (exact) mass is 514 g/mol. The Morgan fingerprint density at radius 2 is 1.74 bits per heavy atom. The van der Waals surface area contributed by atoms with Crippen molar-refractivity contribution < 1.29 is 19.0 Å². The van der Waals surface area contributed by atoms with Gasteiger partial charge in [-0.2, -0.15) is 0 Å². The molecule has 4 rings (SSSR count). The first-order valence-electron chi connectivity index (χ1n) is 11.6. The zero-order valence-electron chi connectivity index (χ0n) is 20.1. The van der Waals surface area contributed by atoms with Crippen molar-refractivity contribution >= 4 is 28.9 Å². The SMILES string of the molecule is COC(NC(C)c1ccccc1)N1C(OC)[C@H](Cc2ccc(Cl)s2)C1C(=O)OCc1ccccc1. The summed E-state index contributed by atoms with van der Waals surface area (Å²) in [6.45, 7) is 2.28. The van der Waals surface area contributed by atoms with E-state index in [0.717, 1.165) is 20.3 Å². The lowest BCUT2D eigenvalue weighted by Crippen LogP contribution is -2.73. The topological polar surface area (TPSA) is 60.0 Å². The van der Waals surface area contributed by atoms with Gasteiger partial charge in [-0.05, 0) is 36.6 Å². The van der Waals surface area contributed by atoms with Gasteiger partial charge in [-0.15, -0.1) is 11.3 Å². The summed E-state index contributed by atoms with van der Waals surface area (Å²) in [5.41, 5.74) is 2.06. The third-order valence-electron chi connectivity index (χ3n) is 6.35. The molecular weight excluding hydrogens is 484 g/mol. The van der Waals surface area contributed by atoms with Gasteiger partial charge in [0.15, 0.2) is 6.35 Å². The van der Waals surface area contributed by atoms with Gasteiger partial charge in [0, 0.05) is 31.1 Å². The number of carbonyl (C=O) groups excluding carboxylic acids is 1. The van der Waals surface area contributed by atoms with Gasteiger partial charge in [0.1, 0.15) is 18.9 Å². The van der Waals surface area contributed by atoms with E-state index in [4.69, 9.17) is 25.8 Å². The van der Waals surface area contributed by atoms with Crippen LogP contribution in [0.15, 0.2) is 72.8 Å². The molecule has 6 nitrogen and oxygen atoms in total. The van der Waals surface area contributed by atoms with Crippen molar-refractivity contribution in [2.45, 2.75) is 44.6 Å². The average Bonchev–Trinajstić information content (AvgIpc) is 3.30. The first-order valence-corrected chi connectivity index (χ1v) is 12.8. The molecule has 2 heterocycles. The summed E-state index contributed by atoms with van der Waals surface area (Å²) in [4.78, 5) is 16.4. The van der Waals surface area contributed by atoms with Gasteiger partial charge in [0.05, 0.1) is 4.34 Å². The number of benzene rings is 2. The second-order valence-electron chi connectivity index (χ2n) is 8.57. The molecule has 1 aliphatic rings. The molecule has 186 valence electrons. The van der Waals surface area contributed by atoms with E-state index in [9.17, 15) is 4.79 Å². The number of nitrogens with one attached hydrogen (secondary N) is 1. The third-order valence-corrected chi connectivity index (χ3v) is 7.60. The van der Waals surface area contributed by atoms with E-state index in [1.54, 1.807) is 14.2 Å². The predicted octanol–water partition coefficient (Wildman–Crippen LogP) is 5.24. The molecule has 0 radical (unpaired) electrons. The fraction of sp³-hybridized carbons (Fsp3) is 0.370. The van der Waals surface area contributed by atoms with Crippen molar-refractivity contribution in [2.24, 2.45) is 5.92 Å². The van der Waals surface area contributed by atoms with E-state index in [0.29, 0.717) is 6.42 Å². The summed E-state index contributed by atoms with van der Waals surface area (Å²) in [6.07, 6.45) is -0.222. The summed E-state index contributed by atoms with van der Waals surface area (Å²) in [5, 5.41) is 3.49. The molecule has 3 aromatic rings. The van der Waals surface area contributed by atoms with Crippen LogP contribution in [-0.4, -0.2) is 43.7 Å². The highest BCUT2D eigenvalue weighted by Gasteiger charge is 2.56. The van der Waals surface area contributed by atoms with E-state index in [1.165, 1.54) is 11.3 Å². The molecule has 0 spiro atoms. The quantitative estimate of drug-likeness (QED) is 0.279. The van der Waals surface area contributed by atoms with Crippen LogP contribution in [0.4, 0.5) is 0 Å². The number of carbonyl (C=O) groups is 1. The summed E-state index contributed by atoms with van der Waals surface area (Å²) in [7, 11) is 3.28. The summed E-state index contributed by atoms with van der Waals surface area (Å²) in [6, 6.07) is 23.1. The van der Waals surface area contributed by atoms with Gasteiger partial charge in [-0.25, -0.2) is 4.90 Å². The zero-order chi connectivity index (χ0) is 24.8. The van der Waals surface area contributed by atoms with Crippen LogP contribution in [0.2, 0.25) is 4.34 Å². The van der Waals surface area contributed by atoms with Crippen LogP contribution in [0.3, 0.4) is 0 Å². The number of rotatable bonds is 11. The number of hydrogen-bond donors (Lipinski definition) is 1. The lowest BCUT2D eigenvalue weighted by atomic mass is 9.82. The minimum atomic E-state index is -0.549. The smallest absolute Gasteiger partial charge is 0.324 e. The second-order valence-corrected chi connectivity index (χ2v) is 10.4. The predicted molar refractivity (Wildman–Crippen MR) is 138 cm³/mol. The van der Waals surface area contributed by atoms with Gasteiger partial charge in [-0.3, -0.25) is 10.1 Å². The first-order chi connectivity index (χ1) is 17.0. The molecular formula is C27H31ClN2O4S. The van der Waals surface area contributed by atoms with E-state index in [-0.39, 0.29) is 30.8 Å². The van der Waals surface area contributed by atoms with Crippen molar-refractivity contribution in [3.63, 3.8) is 0 Å². The minimum Gasteiger partial charge on any atom is -0.460 e. The molecule has 0 bridgehead atoms. The van der Waals surface area contributed by atoms with Crippen LogP contribution >= 0.6 is 22.9 Å². The molecule has 0 amide bonds.